The van der Waals surface area contributed by atoms with E-state index in [-0.39, 0.29) is 6.54 Å². The van der Waals surface area contributed by atoms with Crippen LogP contribution in [0.15, 0.2) is 24.5 Å². The van der Waals surface area contributed by atoms with E-state index in [1.807, 2.05) is 0 Å². The molecule has 0 spiro atoms. The number of hydrogen-bond donors (Lipinski definition) is 1. The summed E-state index contributed by atoms with van der Waals surface area (Å²) in [5, 5.41) is 12.8. The number of benzene rings is 1. The molecule has 2 rings (SSSR count). The molecule has 2 aromatic rings. The molecule has 0 bridgehead atoms. The largest absolute Gasteiger partial charge is 0.497 e. The first kappa shape index (κ1) is 12.9. The first-order chi connectivity index (χ1) is 9.13. The highest BCUT2D eigenvalue weighted by molar-refractivity contribution is 5.67. The summed E-state index contributed by atoms with van der Waals surface area (Å²) >= 11 is 0. The van der Waals surface area contributed by atoms with Gasteiger partial charge in [-0.25, -0.2) is 9.67 Å². The highest BCUT2D eigenvalue weighted by atomic mass is 16.5. The lowest BCUT2D eigenvalue weighted by Gasteiger charge is -2.07. The fourth-order valence-corrected chi connectivity index (χ4v) is 1.62. The molecule has 100 valence electrons. The molecule has 1 N–H and O–H groups in total. The van der Waals surface area contributed by atoms with Crippen LogP contribution in [-0.4, -0.2) is 40.1 Å². The Labute approximate surface area is 109 Å². The van der Waals surface area contributed by atoms with Crippen molar-refractivity contribution in [3.05, 3.63) is 24.5 Å². The molecule has 0 aliphatic heterocycles. The van der Waals surface area contributed by atoms with Crippen molar-refractivity contribution >= 4 is 5.97 Å². The van der Waals surface area contributed by atoms with Gasteiger partial charge in [-0.2, -0.15) is 5.10 Å². The maximum absolute atomic E-state index is 10.6. The SMILES string of the molecule is COc1ccc(OC)c(-c2ncn(CC(=O)O)n2)c1. The number of aliphatic carboxylic acids is 1. The minimum absolute atomic E-state index is 0.237. The van der Waals surface area contributed by atoms with Gasteiger partial charge in [0, 0.05) is 0 Å². The summed E-state index contributed by atoms with van der Waals surface area (Å²) in [7, 11) is 3.10. The van der Waals surface area contributed by atoms with E-state index >= 15 is 0 Å². The summed E-state index contributed by atoms with van der Waals surface area (Å²) in [5.41, 5.74) is 0.644. The molecule has 0 amide bonds. The fraction of sp³-hybridized carbons (Fsp3) is 0.250. The van der Waals surface area contributed by atoms with E-state index < -0.39 is 5.97 Å². The molecule has 7 heteroatoms. The summed E-state index contributed by atoms with van der Waals surface area (Å²) in [6.45, 7) is -0.237. The number of carboxylic acid groups (broad SMARTS) is 1. The van der Waals surface area contributed by atoms with Gasteiger partial charge in [-0.3, -0.25) is 4.79 Å². The molecule has 0 aliphatic rings. The average Bonchev–Trinajstić information content (AvgIpc) is 2.85. The van der Waals surface area contributed by atoms with Crippen molar-refractivity contribution in [3.8, 4) is 22.9 Å². The van der Waals surface area contributed by atoms with Gasteiger partial charge >= 0.3 is 5.97 Å². The van der Waals surface area contributed by atoms with Crippen LogP contribution < -0.4 is 9.47 Å². The highest BCUT2D eigenvalue weighted by Gasteiger charge is 2.12. The first-order valence-electron chi connectivity index (χ1n) is 5.47. The van der Waals surface area contributed by atoms with Crippen molar-refractivity contribution in [3.63, 3.8) is 0 Å². The highest BCUT2D eigenvalue weighted by Crippen LogP contribution is 2.30. The monoisotopic (exact) mass is 263 g/mol. The summed E-state index contributed by atoms with van der Waals surface area (Å²) in [5.74, 6) is 0.644. The van der Waals surface area contributed by atoms with Crippen molar-refractivity contribution in [1.82, 2.24) is 14.8 Å². The van der Waals surface area contributed by atoms with E-state index in [2.05, 4.69) is 10.1 Å². The van der Waals surface area contributed by atoms with Crippen molar-refractivity contribution in [1.29, 1.82) is 0 Å². The summed E-state index contributed by atoms with van der Waals surface area (Å²) < 4.78 is 11.6. The fourth-order valence-electron chi connectivity index (χ4n) is 1.62. The van der Waals surface area contributed by atoms with Crippen LogP contribution in [0.25, 0.3) is 11.4 Å². The molecular weight excluding hydrogens is 250 g/mol. The molecule has 0 saturated carbocycles. The summed E-state index contributed by atoms with van der Waals surface area (Å²) in [6, 6.07) is 5.24. The second-order valence-electron chi connectivity index (χ2n) is 3.73. The van der Waals surface area contributed by atoms with Gasteiger partial charge in [0.05, 0.1) is 19.8 Å². The number of carbonyl (C=O) groups is 1. The van der Waals surface area contributed by atoms with Crippen LogP contribution in [0, 0.1) is 0 Å². The number of aromatic nitrogens is 3. The quantitative estimate of drug-likeness (QED) is 0.867. The lowest BCUT2D eigenvalue weighted by molar-refractivity contribution is -0.137. The Balaban J connectivity index is 2.39. The average molecular weight is 263 g/mol. The third-order valence-corrected chi connectivity index (χ3v) is 2.48. The van der Waals surface area contributed by atoms with E-state index in [4.69, 9.17) is 14.6 Å². The van der Waals surface area contributed by atoms with E-state index in [1.165, 1.54) is 11.0 Å². The van der Waals surface area contributed by atoms with Gasteiger partial charge < -0.3 is 14.6 Å². The zero-order valence-electron chi connectivity index (χ0n) is 10.5. The van der Waals surface area contributed by atoms with Gasteiger partial charge in [0.15, 0.2) is 5.82 Å². The van der Waals surface area contributed by atoms with Gasteiger partial charge in [-0.15, -0.1) is 0 Å². The van der Waals surface area contributed by atoms with Crippen molar-refractivity contribution in [2.75, 3.05) is 14.2 Å². The molecule has 0 unspecified atom stereocenters. The van der Waals surface area contributed by atoms with E-state index in [1.54, 1.807) is 32.4 Å². The van der Waals surface area contributed by atoms with Crippen LogP contribution in [0.3, 0.4) is 0 Å². The van der Waals surface area contributed by atoms with Gasteiger partial charge in [-0.1, -0.05) is 0 Å². The number of carboxylic acids is 1. The van der Waals surface area contributed by atoms with Gasteiger partial charge in [0.1, 0.15) is 24.4 Å². The minimum Gasteiger partial charge on any atom is -0.497 e. The Bertz CT molecular complexity index is 594. The zero-order chi connectivity index (χ0) is 13.8. The van der Waals surface area contributed by atoms with Crippen LogP contribution >= 0.6 is 0 Å². The van der Waals surface area contributed by atoms with Crippen molar-refractivity contribution < 1.29 is 19.4 Å². The van der Waals surface area contributed by atoms with Crippen LogP contribution in [-0.2, 0) is 11.3 Å². The number of hydrogen-bond acceptors (Lipinski definition) is 5. The molecule has 1 aromatic carbocycles. The predicted octanol–water partition coefficient (Wildman–Crippen LogP) is 1.05. The number of ether oxygens (including phenoxy) is 2. The summed E-state index contributed by atoms with van der Waals surface area (Å²) in [6.07, 6.45) is 1.36. The van der Waals surface area contributed by atoms with E-state index in [9.17, 15) is 4.79 Å². The third-order valence-electron chi connectivity index (χ3n) is 2.48. The maximum Gasteiger partial charge on any atom is 0.325 e. The molecule has 0 radical (unpaired) electrons. The van der Waals surface area contributed by atoms with Crippen LogP contribution in [0.5, 0.6) is 11.5 Å². The Morgan fingerprint density at radius 1 is 1.37 bits per heavy atom. The van der Waals surface area contributed by atoms with E-state index in [0.29, 0.717) is 22.9 Å². The van der Waals surface area contributed by atoms with Gasteiger partial charge in [0.2, 0.25) is 0 Å². The molecule has 0 atom stereocenters. The Kier molecular flexibility index (Phi) is 3.65. The Hall–Kier alpha value is -2.57. The maximum atomic E-state index is 10.6. The molecule has 0 fully saturated rings. The predicted molar refractivity (Wildman–Crippen MR) is 66.2 cm³/mol. The molecule has 0 saturated heterocycles. The van der Waals surface area contributed by atoms with Crippen LogP contribution in [0.4, 0.5) is 0 Å². The Morgan fingerprint density at radius 3 is 2.79 bits per heavy atom. The number of nitrogens with zero attached hydrogens (tertiary/aromatic N) is 3. The van der Waals surface area contributed by atoms with Crippen LogP contribution in [0.2, 0.25) is 0 Å². The third kappa shape index (κ3) is 2.82. The molecule has 1 aromatic heterocycles. The Morgan fingerprint density at radius 2 is 2.16 bits per heavy atom. The molecule has 7 nitrogen and oxygen atoms in total. The molecule has 1 heterocycles. The molecule has 0 aliphatic carbocycles. The summed E-state index contributed by atoms with van der Waals surface area (Å²) in [4.78, 5) is 14.7. The normalized spacial score (nSPS) is 10.2. The molecule has 19 heavy (non-hydrogen) atoms. The lowest BCUT2D eigenvalue weighted by Crippen LogP contribution is -2.09. The standard InChI is InChI=1S/C12H13N3O4/c1-18-8-3-4-10(19-2)9(5-8)12-13-7-15(14-12)6-11(16)17/h3-5,7H,6H2,1-2H3,(H,16,17). The van der Waals surface area contributed by atoms with Crippen molar-refractivity contribution in [2.24, 2.45) is 0 Å². The van der Waals surface area contributed by atoms with E-state index in [0.717, 1.165) is 0 Å². The lowest BCUT2D eigenvalue weighted by atomic mass is 10.2. The zero-order valence-corrected chi connectivity index (χ0v) is 10.5. The number of methoxy groups -OCH3 is 2. The smallest absolute Gasteiger partial charge is 0.325 e. The number of rotatable bonds is 5. The van der Waals surface area contributed by atoms with Gasteiger partial charge in [0.25, 0.3) is 0 Å². The topological polar surface area (TPSA) is 86.5 Å². The van der Waals surface area contributed by atoms with Crippen LogP contribution in [0.1, 0.15) is 0 Å². The minimum atomic E-state index is -0.978. The van der Waals surface area contributed by atoms with Gasteiger partial charge in [-0.05, 0) is 18.2 Å². The second kappa shape index (κ2) is 5.38. The second-order valence-corrected chi connectivity index (χ2v) is 3.73. The van der Waals surface area contributed by atoms with Crippen molar-refractivity contribution in [2.45, 2.75) is 6.54 Å². The molecular formula is C12H13N3O4. The first-order valence-corrected chi connectivity index (χ1v) is 5.47.